The molecule has 1 saturated heterocycles. The molecule has 1 amide bonds. The van der Waals surface area contributed by atoms with Gasteiger partial charge in [0.1, 0.15) is 16.7 Å². The quantitative estimate of drug-likeness (QED) is 0.157. The molecule has 1 heterocycles. The molecule has 3 rings (SSSR count). The molecule has 0 unspecified atom stereocenters. The molecule has 0 atom stereocenters. The fourth-order valence-electron chi connectivity index (χ4n) is 3.29. The first-order chi connectivity index (χ1) is 17.2. The highest BCUT2D eigenvalue weighted by molar-refractivity contribution is 9.10. The predicted octanol–water partition coefficient (Wildman–Crippen LogP) is 6.76. The van der Waals surface area contributed by atoms with Gasteiger partial charge >= 0.3 is 5.97 Å². The number of rotatable bonds is 11. The van der Waals surface area contributed by atoms with Gasteiger partial charge < -0.3 is 14.2 Å². The maximum atomic E-state index is 14.1. The van der Waals surface area contributed by atoms with Crippen molar-refractivity contribution in [3.05, 3.63) is 61.7 Å². The maximum absolute atomic E-state index is 14.1. The number of nitrogens with zero attached hydrogens (tertiary/aromatic N) is 1. The first kappa shape index (κ1) is 28.4. The monoisotopic (exact) mass is 615 g/mol. The van der Waals surface area contributed by atoms with Gasteiger partial charge in [-0.05, 0) is 64.7 Å². The van der Waals surface area contributed by atoms with E-state index < -0.39 is 5.82 Å². The average Bonchev–Trinajstić information content (AvgIpc) is 3.10. The van der Waals surface area contributed by atoms with Crippen LogP contribution in [0, 0.1) is 5.82 Å². The third-order valence-corrected chi connectivity index (χ3v) is 7.40. The molecule has 0 aromatic heterocycles. The molecule has 2 aromatic carbocycles. The second kappa shape index (κ2) is 13.4. The zero-order valence-electron chi connectivity index (χ0n) is 19.6. The predicted molar refractivity (Wildman–Crippen MR) is 147 cm³/mol. The molecule has 0 radical (unpaired) electrons. The van der Waals surface area contributed by atoms with Crippen molar-refractivity contribution in [3.63, 3.8) is 0 Å². The van der Waals surface area contributed by atoms with Crippen molar-refractivity contribution in [1.29, 1.82) is 0 Å². The summed E-state index contributed by atoms with van der Waals surface area (Å²) in [6, 6.07) is 7.90. The molecule has 36 heavy (non-hydrogen) atoms. The van der Waals surface area contributed by atoms with E-state index in [0.717, 1.165) is 6.42 Å². The van der Waals surface area contributed by atoms with E-state index in [1.165, 1.54) is 35.9 Å². The summed E-state index contributed by atoms with van der Waals surface area (Å²) in [6.07, 6.45) is 3.15. The van der Waals surface area contributed by atoms with E-state index >= 15 is 0 Å². The van der Waals surface area contributed by atoms with Crippen LogP contribution in [-0.4, -0.2) is 41.4 Å². The zero-order chi connectivity index (χ0) is 26.2. The molecular formula is C25H24BrClFNO5S2. The third kappa shape index (κ3) is 7.21. The minimum Gasteiger partial charge on any atom is -0.493 e. The summed E-state index contributed by atoms with van der Waals surface area (Å²) in [5, 5.41) is 0.265. The second-order valence-electron chi connectivity index (χ2n) is 7.68. The van der Waals surface area contributed by atoms with Crippen LogP contribution >= 0.6 is 51.5 Å². The largest absolute Gasteiger partial charge is 0.493 e. The van der Waals surface area contributed by atoms with E-state index in [2.05, 4.69) is 15.9 Å². The molecule has 1 aliphatic heterocycles. The Labute approximate surface area is 232 Å². The summed E-state index contributed by atoms with van der Waals surface area (Å²) in [4.78, 5) is 26.6. The Bertz CT molecular complexity index is 1170. The minimum atomic E-state index is -0.464. The number of benzene rings is 2. The lowest BCUT2D eigenvalue weighted by atomic mass is 10.1. The fraction of sp³-hybridized carbons (Fsp3) is 0.320. The van der Waals surface area contributed by atoms with Crippen LogP contribution in [-0.2, 0) is 20.9 Å². The van der Waals surface area contributed by atoms with Gasteiger partial charge in [-0.1, -0.05) is 48.6 Å². The number of thioether (sulfide) groups is 1. The van der Waals surface area contributed by atoms with E-state index in [-0.39, 0.29) is 35.5 Å². The van der Waals surface area contributed by atoms with E-state index in [1.54, 1.807) is 24.3 Å². The smallest absolute Gasteiger partial charge is 0.305 e. The maximum Gasteiger partial charge on any atom is 0.305 e. The van der Waals surface area contributed by atoms with Gasteiger partial charge in [0.2, 0.25) is 0 Å². The third-order valence-electron chi connectivity index (χ3n) is 5.08. The number of halogens is 3. The fourth-order valence-corrected chi connectivity index (χ4v) is 5.39. The Morgan fingerprint density at radius 1 is 1.33 bits per heavy atom. The molecular weight excluding hydrogens is 593 g/mol. The molecule has 0 spiro atoms. The van der Waals surface area contributed by atoms with Crippen LogP contribution in [0.4, 0.5) is 4.39 Å². The van der Waals surface area contributed by atoms with Crippen molar-refractivity contribution < 1.29 is 28.2 Å². The minimum absolute atomic E-state index is 0.0928. The number of carbonyl (C=O) groups is 2. The summed E-state index contributed by atoms with van der Waals surface area (Å²) in [5.74, 6) is -0.208. The van der Waals surface area contributed by atoms with Crippen molar-refractivity contribution in [3.8, 4) is 11.5 Å². The number of carbonyl (C=O) groups excluding carboxylic acids is 2. The Morgan fingerprint density at radius 3 is 2.81 bits per heavy atom. The molecule has 1 fully saturated rings. The van der Waals surface area contributed by atoms with Crippen LogP contribution in [0.5, 0.6) is 11.5 Å². The van der Waals surface area contributed by atoms with Gasteiger partial charge in [0.25, 0.3) is 5.91 Å². The number of methoxy groups -OCH3 is 1. The first-order valence-corrected chi connectivity index (χ1v) is 13.5. The number of hydrogen-bond acceptors (Lipinski definition) is 7. The van der Waals surface area contributed by atoms with Gasteiger partial charge in [-0.25, -0.2) is 4.39 Å². The highest BCUT2D eigenvalue weighted by Crippen LogP contribution is 2.40. The Hall–Kier alpha value is -2.14. The summed E-state index contributed by atoms with van der Waals surface area (Å²) >= 11 is 16.1. The van der Waals surface area contributed by atoms with Gasteiger partial charge in [0, 0.05) is 18.5 Å². The Morgan fingerprint density at radius 2 is 2.11 bits per heavy atom. The van der Waals surface area contributed by atoms with Crippen molar-refractivity contribution in [2.45, 2.75) is 32.8 Å². The lowest BCUT2D eigenvalue weighted by Gasteiger charge is -2.15. The molecule has 2 aromatic rings. The van der Waals surface area contributed by atoms with E-state index in [9.17, 15) is 14.0 Å². The van der Waals surface area contributed by atoms with Gasteiger partial charge in [-0.3, -0.25) is 14.5 Å². The van der Waals surface area contributed by atoms with Crippen LogP contribution in [0.15, 0.2) is 39.7 Å². The van der Waals surface area contributed by atoms with Crippen molar-refractivity contribution in [2.75, 3.05) is 20.3 Å². The molecule has 192 valence electrons. The van der Waals surface area contributed by atoms with Crippen LogP contribution in [0.25, 0.3) is 6.08 Å². The number of amides is 1. The number of ether oxygens (including phenoxy) is 3. The number of esters is 1. The van der Waals surface area contributed by atoms with Crippen LogP contribution in [0.3, 0.4) is 0 Å². The molecule has 0 bridgehead atoms. The highest BCUT2D eigenvalue weighted by Gasteiger charge is 2.32. The number of hydrogen-bond donors (Lipinski definition) is 0. The second-order valence-corrected chi connectivity index (χ2v) is 10.6. The SMILES string of the molecule is CCCOC(=O)CCCN1C(=O)/C(=C\c2cc(Br)c(OCc3c(F)cccc3Cl)c(OC)c2)SC1=S. The van der Waals surface area contributed by atoms with Crippen LogP contribution < -0.4 is 9.47 Å². The lowest BCUT2D eigenvalue weighted by molar-refractivity contribution is -0.144. The summed E-state index contributed by atoms with van der Waals surface area (Å²) in [7, 11) is 1.49. The molecule has 0 saturated carbocycles. The van der Waals surface area contributed by atoms with Gasteiger partial charge in [0.05, 0.1) is 28.1 Å². The Balaban J connectivity index is 1.70. The van der Waals surface area contributed by atoms with E-state index in [4.69, 9.17) is 38.0 Å². The summed E-state index contributed by atoms with van der Waals surface area (Å²) in [5.41, 5.74) is 0.915. The zero-order valence-corrected chi connectivity index (χ0v) is 23.6. The van der Waals surface area contributed by atoms with E-state index in [0.29, 0.717) is 50.3 Å². The summed E-state index contributed by atoms with van der Waals surface area (Å²) < 4.78 is 31.4. The topological polar surface area (TPSA) is 65.1 Å². The highest BCUT2D eigenvalue weighted by atomic mass is 79.9. The molecule has 1 aliphatic rings. The molecule has 6 nitrogen and oxygen atoms in total. The first-order valence-electron chi connectivity index (χ1n) is 11.1. The summed E-state index contributed by atoms with van der Waals surface area (Å²) in [6.45, 7) is 2.56. The van der Waals surface area contributed by atoms with Gasteiger partial charge in [-0.2, -0.15) is 0 Å². The molecule has 0 aliphatic carbocycles. The standard InChI is InChI=1S/C25H24BrClFNO5S2/c1-3-10-33-22(30)8-5-9-29-24(31)21(36-25(29)35)13-15-11-17(26)23(20(12-15)32-2)34-14-16-18(27)6-4-7-19(16)28/h4,6-7,11-13H,3,5,8-10,14H2,1-2H3/b21-13+. The van der Waals surface area contributed by atoms with Crippen molar-refractivity contribution in [2.24, 2.45) is 0 Å². The molecule has 11 heteroatoms. The molecule has 0 N–H and O–H groups in total. The number of thiocarbonyl (C=S) groups is 1. The lowest BCUT2D eigenvalue weighted by Crippen LogP contribution is -2.29. The van der Waals surface area contributed by atoms with E-state index in [1.807, 2.05) is 6.92 Å². The van der Waals surface area contributed by atoms with Crippen molar-refractivity contribution in [1.82, 2.24) is 4.90 Å². The van der Waals surface area contributed by atoms with Crippen molar-refractivity contribution >= 4 is 73.8 Å². The van der Waals surface area contributed by atoms with Crippen LogP contribution in [0.1, 0.15) is 37.3 Å². The normalized spacial score (nSPS) is 14.5. The van der Waals surface area contributed by atoms with Gasteiger partial charge in [-0.15, -0.1) is 0 Å². The Kier molecular flexibility index (Phi) is 10.6. The average molecular weight is 617 g/mol. The van der Waals surface area contributed by atoms with Crippen LogP contribution in [0.2, 0.25) is 5.02 Å². The van der Waals surface area contributed by atoms with Gasteiger partial charge in [0.15, 0.2) is 11.5 Å².